The van der Waals surface area contributed by atoms with Crippen molar-refractivity contribution in [3.05, 3.63) is 175 Å². The summed E-state index contributed by atoms with van der Waals surface area (Å²) in [4.78, 5) is 15.7. The predicted octanol–water partition coefficient (Wildman–Crippen LogP) is 12.3. The Morgan fingerprint density at radius 2 is 0.980 bits per heavy atom. The fourth-order valence-electron chi connectivity index (χ4n) is 8.13. The van der Waals surface area contributed by atoms with Crippen LogP contribution in [0.15, 0.2) is 164 Å². The Morgan fingerprint density at radius 1 is 0.373 bits per heavy atom. The van der Waals surface area contributed by atoms with E-state index in [1.54, 1.807) is 0 Å². The van der Waals surface area contributed by atoms with Crippen LogP contribution in [0.3, 0.4) is 0 Å². The van der Waals surface area contributed by atoms with Gasteiger partial charge in [-0.1, -0.05) is 159 Å². The molecule has 0 unspecified atom stereocenters. The van der Waals surface area contributed by atoms with Gasteiger partial charge in [0.15, 0.2) is 17.5 Å². The van der Waals surface area contributed by atoms with Crippen LogP contribution in [0.2, 0.25) is 0 Å². The van der Waals surface area contributed by atoms with Gasteiger partial charge in [-0.05, 0) is 78.5 Å². The van der Waals surface area contributed by atoms with Crippen LogP contribution in [0, 0.1) is 0 Å². The molecule has 1 heterocycles. The van der Waals surface area contributed by atoms with Crippen molar-refractivity contribution in [1.82, 2.24) is 15.0 Å². The van der Waals surface area contributed by atoms with E-state index < -0.39 is 0 Å². The fraction of sp³-hybridized carbons (Fsp3) is 0.0625. The van der Waals surface area contributed by atoms with Crippen molar-refractivity contribution in [3.8, 4) is 56.4 Å². The summed E-state index contributed by atoms with van der Waals surface area (Å²) in [7, 11) is 0. The summed E-state index contributed by atoms with van der Waals surface area (Å²) in [6.45, 7) is 4.66. The molecule has 0 amide bonds. The van der Waals surface area contributed by atoms with Crippen molar-refractivity contribution < 1.29 is 0 Å². The number of fused-ring (bicyclic) bond motifs is 7. The zero-order valence-corrected chi connectivity index (χ0v) is 28.4. The Morgan fingerprint density at radius 3 is 1.84 bits per heavy atom. The lowest BCUT2D eigenvalue weighted by Crippen LogP contribution is -2.14. The first-order chi connectivity index (χ1) is 25.0. The first-order valence-electron chi connectivity index (χ1n) is 17.5. The molecule has 3 nitrogen and oxygen atoms in total. The average Bonchev–Trinajstić information content (AvgIpc) is 3.42. The zero-order chi connectivity index (χ0) is 34.1. The molecule has 0 saturated carbocycles. The van der Waals surface area contributed by atoms with Gasteiger partial charge in [0, 0.05) is 27.5 Å². The largest absolute Gasteiger partial charge is 0.208 e. The van der Waals surface area contributed by atoms with Crippen molar-refractivity contribution in [3.63, 3.8) is 0 Å². The molecule has 0 saturated heterocycles. The molecule has 0 atom stereocenters. The van der Waals surface area contributed by atoms with Crippen molar-refractivity contribution in [1.29, 1.82) is 0 Å². The lowest BCUT2D eigenvalue weighted by Gasteiger charge is -2.22. The number of rotatable bonds is 4. The van der Waals surface area contributed by atoms with Crippen LogP contribution < -0.4 is 0 Å². The number of hydrogen-bond donors (Lipinski definition) is 0. The highest BCUT2D eigenvalue weighted by atomic mass is 15.0. The maximum atomic E-state index is 5.33. The molecule has 0 fully saturated rings. The molecule has 10 rings (SSSR count). The lowest BCUT2D eigenvalue weighted by molar-refractivity contribution is 0.660. The van der Waals surface area contributed by atoms with Crippen molar-refractivity contribution >= 4 is 32.3 Å². The van der Waals surface area contributed by atoms with Crippen LogP contribution in [-0.4, -0.2) is 15.0 Å². The maximum Gasteiger partial charge on any atom is 0.165 e. The fourth-order valence-corrected chi connectivity index (χ4v) is 8.13. The second-order valence-electron chi connectivity index (χ2n) is 14.0. The topological polar surface area (TPSA) is 38.7 Å². The Balaban J connectivity index is 1.19. The Hall–Kier alpha value is -6.45. The minimum Gasteiger partial charge on any atom is -0.208 e. The number of nitrogens with zero attached hydrogens (tertiary/aromatic N) is 3. The standard InChI is InChI=1S/C48H33N3/c1-48(2)41-22-11-10-21-39(41)40-26-25-33(29-42(40)48)32-17-12-18-36(27-32)46-49-45(31-14-4-3-5-15-31)50-47(51-46)44-38-20-9-7-16-34(38)28-35-24-23-30-13-6-8-19-37(30)43(35)44/h3-29H,1-2H3. The molecular formula is C48H33N3. The van der Waals surface area contributed by atoms with Crippen molar-refractivity contribution in [2.45, 2.75) is 19.3 Å². The van der Waals surface area contributed by atoms with Gasteiger partial charge in [-0.3, -0.25) is 0 Å². The summed E-state index contributed by atoms with van der Waals surface area (Å²) < 4.78 is 0. The number of benzene rings is 8. The average molecular weight is 652 g/mol. The van der Waals surface area contributed by atoms with Crippen LogP contribution in [0.4, 0.5) is 0 Å². The van der Waals surface area contributed by atoms with Gasteiger partial charge in [0.1, 0.15) is 0 Å². The van der Waals surface area contributed by atoms with Crippen LogP contribution >= 0.6 is 0 Å². The Labute approximate surface area is 297 Å². The highest BCUT2D eigenvalue weighted by Crippen LogP contribution is 2.49. The van der Waals surface area contributed by atoms with E-state index in [9.17, 15) is 0 Å². The summed E-state index contributed by atoms with van der Waals surface area (Å²) in [6.07, 6.45) is 0. The molecule has 9 aromatic rings. The van der Waals surface area contributed by atoms with Gasteiger partial charge < -0.3 is 0 Å². The summed E-state index contributed by atoms with van der Waals surface area (Å²) in [5.41, 5.74) is 10.6. The summed E-state index contributed by atoms with van der Waals surface area (Å²) >= 11 is 0. The van der Waals surface area contributed by atoms with Gasteiger partial charge in [-0.2, -0.15) is 0 Å². The zero-order valence-electron chi connectivity index (χ0n) is 28.4. The minimum atomic E-state index is -0.0708. The van der Waals surface area contributed by atoms with Crippen molar-refractivity contribution in [2.75, 3.05) is 0 Å². The van der Waals surface area contributed by atoms with E-state index in [2.05, 4.69) is 159 Å². The molecule has 51 heavy (non-hydrogen) atoms. The van der Waals surface area contributed by atoms with Gasteiger partial charge in [-0.15, -0.1) is 0 Å². The second-order valence-corrected chi connectivity index (χ2v) is 14.0. The van der Waals surface area contributed by atoms with Crippen LogP contribution in [0.25, 0.3) is 88.7 Å². The molecule has 1 aliphatic rings. The molecule has 1 aliphatic carbocycles. The third-order valence-electron chi connectivity index (χ3n) is 10.7. The Kier molecular flexibility index (Phi) is 6.53. The predicted molar refractivity (Wildman–Crippen MR) is 212 cm³/mol. The first kappa shape index (κ1) is 29.5. The van der Waals surface area contributed by atoms with E-state index in [4.69, 9.17) is 15.0 Å². The van der Waals surface area contributed by atoms with E-state index in [1.165, 1.54) is 38.6 Å². The summed E-state index contributed by atoms with van der Waals surface area (Å²) in [5, 5.41) is 6.96. The SMILES string of the molecule is CC1(C)c2ccccc2-c2ccc(-c3cccc(-c4nc(-c5ccccc5)nc(-c5c6ccccc6cc6ccc7ccccc7c56)n4)c3)cc21. The summed E-state index contributed by atoms with van der Waals surface area (Å²) in [6, 6.07) is 58.4. The van der Waals surface area contributed by atoms with Gasteiger partial charge in [0.25, 0.3) is 0 Å². The quantitative estimate of drug-likeness (QED) is 0.140. The highest BCUT2D eigenvalue weighted by molar-refractivity contribution is 6.21. The molecule has 0 radical (unpaired) electrons. The third kappa shape index (κ3) is 4.69. The smallest absolute Gasteiger partial charge is 0.165 e. The number of aromatic nitrogens is 3. The van der Waals surface area contributed by atoms with Crippen LogP contribution in [-0.2, 0) is 5.41 Å². The summed E-state index contributed by atoms with van der Waals surface area (Å²) in [5.74, 6) is 1.97. The molecule has 0 bridgehead atoms. The highest BCUT2D eigenvalue weighted by Gasteiger charge is 2.35. The molecule has 0 aliphatic heterocycles. The van der Waals surface area contributed by atoms with Crippen LogP contribution in [0.5, 0.6) is 0 Å². The molecule has 240 valence electrons. The molecule has 1 aromatic heterocycles. The van der Waals surface area contributed by atoms with Gasteiger partial charge >= 0.3 is 0 Å². The molecular weight excluding hydrogens is 619 g/mol. The molecule has 0 N–H and O–H groups in total. The normalized spacial score (nSPS) is 13.1. The number of hydrogen-bond acceptors (Lipinski definition) is 3. The lowest BCUT2D eigenvalue weighted by atomic mass is 9.81. The van der Waals surface area contributed by atoms with Gasteiger partial charge in [0.2, 0.25) is 0 Å². The van der Waals surface area contributed by atoms with E-state index in [0.717, 1.165) is 43.8 Å². The molecule has 8 aromatic carbocycles. The van der Waals surface area contributed by atoms with E-state index in [0.29, 0.717) is 17.5 Å². The molecule has 3 heteroatoms. The first-order valence-corrected chi connectivity index (χ1v) is 17.5. The van der Waals surface area contributed by atoms with Crippen LogP contribution in [0.1, 0.15) is 25.0 Å². The van der Waals surface area contributed by atoms with Crippen molar-refractivity contribution in [2.24, 2.45) is 0 Å². The maximum absolute atomic E-state index is 5.33. The van der Waals surface area contributed by atoms with E-state index in [-0.39, 0.29) is 5.41 Å². The van der Waals surface area contributed by atoms with Gasteiger partial charge in [0.05, 0.1) is 0 Å². The second kappa shape index (κ2) is 11.3. The van der Waals surface area contributed by atoms with Gasteiger partial charge in [-0.25, -0.2) is 15.0 Å². The monoisotopic (exact) mass is 651 g/mol. The van der Waals surface area contributed by atoms with E-state index in [1.807, 2.05) is 18.2 Å². The Bertz CT molecular complexity index is 2830. The minimum absolute atomic E-state index is 0.0708. The third-order valence-corrected chi connectivity index (χ3v) is 10.7. The van der Waals surface area contributed by atoms with E-state index >= 15 is 0 Å². The molecule has 0 spiro atoms.